The number of rotatable bonds is 6. The van der Waals surface area contributed by atoms with Crippen molar-refractivity contribution in [1.82, 2.24) is 14.7 Å². The molecule has 0 radical (unpaired) electrons. The predicted octanol–water partition coefficient (Wildman–Crippen LogP) is 4.14. The number of pyridine rings is 1. The Labute approximate surface area is 188 Å². The van der Waals surface area contributed by atoms with Gasteiger partial charge >= 0.3 is 0 Å². The van der Waals surface area contributed by atoms with E-state index in [-0.39, 0.29) is 22.9 Å². The highest BCUT2D eigenvalue weighted by Gasteiger charge is 2.17. The van der Waals surface area contributed by atoms with E-state index in [9.17, 15) is 13.2 Å². The van der Waals surface area contributed by atoms with E-state index in [4.69, 9.17) is 0 Å². The van der Waals surface area contributed by atoms with Crippen LogP contribution in [0.1, 0.15) is 21.6 Å². The normalized spacial score (nSPS) is 11.4. The van der Waals surface area contributed by atoms with Gasteiger partial charge in [-0.25, -0.2) is 13.4 Å². The predicted molar refractivity (Wildman–Crippen MR) is 122 cm³/mol. The molecule has 0 fully saturated rings. The molecule has 0 aliphatic rings. The number of hydrogen-bond acceptors (Lipinski definition) is 4. The van der Waals surface area contributed by atoms with Gasteiger partial charge in [-0.1, -0.05) is 23.8 Å². The minimum absolute atomic E-state index is 0.0123. The van der Waals surface area contributed by atoms with E-state index in [1.807, 2.05) is 48.0 Å². The van der Waals surface area contributed by atoms with Crippen LogP contribution in [0.15, 0.2) is 82.4 Å². The van der Waals surface area contributed by atoms with Gasteiger partial charge in [-0.2, -0.15) is 0 Å². The first-order valence-electron chi connectivity index (χ1n) is 9.41. The number of amides is 1. The van der Waals surface area contributed by atoms with E-state index in [0.29, 0.717) is 11.4 Å². The van der Waals surface area contributed by atoms with Gasteiger partial charge in [-0.3, -0.25) is 9.52 Å². The minimum Gasteiger partial charge on any atom is -0.346 e. The monoisotopic (exact) mass is 498 g/mol. The summed E-state index contributed by atoms with van der Waals surface area (Å²) < 4.78 is 30.7. The van der Waals surface area contributed by atoms with Gasteiger partial charge in [0.05, 0.1) is 17.1 Å². The fourth-order valence-corrected chi connectivity index (χ4v) is 4.47. The van der Waals surface area contributed by atoms with Crippen molar-refractivity contribution in [1.29, 1.82) is 0 Å². The average Bonchev–Trinajstić information content (AvgIpc) is 3.15. The molecule has 31 heavy (non-hydrogen) atoms. The second kappa shape index (κ2) is 8.52. The summed E-state index contributed by atoms with van der Waals surface area (Å²) in [5.41, 5.74) is 3.19. The van der Waals surface area contributed by atoms with E-state index >= 15 is 0 Å². The lowest BCUT2D eigenvalue weighted by Crippen LogP contribution is -2.23. The molecule has 0 atom stereocenters. The van der Waals surface area contributed by atoms with Crippen molar-refractivity contribution in [3.05, 3.63) is 94.4 Å². The van der Waals surface area contributed by atoms with Crippen LogP contribution < -0.4 is 10.0 Å². The Hall–Kier alpha value is -3.17. The number of benzene rings is 2. The number of nitrogens with one attached hydrogen (secondary N) is 2. The van der Waals surface area contributed by atoms with E-state index in [2.05, 4.69) is 31.0 Å². The number of anilines is 1. The average molecular weight is 499 g/mol. The number of carbonyl (C=O) groups excluding carboxylic acids is 1. The van der Waals surface area contributed by atoms with Crippen LogP contribution in [0.4, 0.5) is 5.69 Å². The van der Waals surface area contributed by atoms with E-state index in [1.54, 1.807) is 24.3 Å². The number of imidazole rings is 1. The van der Waals surface area contributed by atoms with Crippen LogP contribution in [0.5, 0.6) is 0 Å². The van der Waals surface area contributed by atoms with Gasteiger partial charge in [-0.15, -0.1) is 0 Å². The number of hydrogen-bond donors (Lipinski definition) is 2. The number of nitrogens with zero attached hydrogens (tertiary/aromatic N) is 2. The molecule has 4 aromatic rings. The third-order valence-electron chi connectivity index (χ3n) is 4.61. The molecule has 2 aromatic heterocycles. The SMILES string of the molecule is Cc1ccc(NS(=O)(=O)c2cccc(C(=O)NCc3cn4cc(Br)ccc4n3)c2)cc1. The lowest BCUT2D eigenvalue weighted by molar-refractivity contribution is 0.0950. The molecule has 1 amide bonds. The lowest BCUT2D eigenvalue weighted by Gasteiger charge is -2.10. The Bertz CT molecular complexity index is 1370. The van der Waals surface area contributed by atoms with Gasteiger partial charge in [0.1, 0.15) is 5.65 Å². The summed E-state index contributed by atoms with van der Waals surface area (Å²) in [5.74, 6) is -0.384. The summed E-state index contributed by atoms with van der Waals surface area (Å²) in [6.07, 6.45) is 3.70. The first-order chi connectivity index (χ1) is 14.8. The van der Waals surface area contributed by atoms with Crippen molar-refractivity contribution in [2.24, 2.45) is 0 Å². The Morgan fingerprint density at radius 2 is 1.84 bits per heavy atom. The van der Waals surface area contributed by atoms with Gasteiger partial charge in [-0.05, 0) is 65.3 Å². The smallest absolute Gasteiger partial charge is 0.261 e. The van der Waals surface area contributed by atoms with Crippen LogP contribution in [0.25, 0.3) is 5.65 Å². The second-order valence-electron chi connectivity index (χ2n) is 7.03. The summed E-state index contributed by atoms with van der Waals surface area (Å²) >= 11 is 3.41. The highest BCUT2D eigenvalue weighted by Crippen LogP contribution is 2.18. The maximum atomic E-state index is 12.7. The maximum Gasteiger partial charge on any atom is 0.261 e. The zero-order chi connectivity index (χ0) is 22.0. The van der Waals surface area contributed by atoms with Crippen LogP contribution >= 0.6 is 15.9 Å². The summed E-state index contributed by atoms with van der Waals surface area (Å²) in [6, 6.07) is 16.7. The highest BCUT2D eigenvalue weighted by atomic mass is 79.9. The van der Waals surface area contributed by atoms with Gasteiger partial charge in [0.25, 0.3) is 15.9 Å². The van der Waals surface area contributed by atoms with Crippen molar-refractivity contribution in [3.63, 3.8) is 0 Å². The van der Waals surface area contributed by atoms with Crippen LogP contribution in [0.3, 0.4) is 0 Å². The van der Waals surface area contributed by atoms with Crippen molar-refractivity contribution in [2.45, 2.75) is 18.4 Å². The zero-order valence-electron chi connectivity index (χ0n) is 16.5. The molecule has 0 aliphatic heterocycles. The molecule has 2 N–H and O–H groups in total. The van der Waals surface area contributed by atoms with Crippen molar-refractivity contribution >= 4 is 43.2 Å². The Balaban J connectivity index is 1.47. The summed E-state index contributed by atoms with van der Waals surface area (Å²) in [5, 5.41) is 2.78. The van der Waals surface area contributed by atoms with Crippen molar-refractivity contribution < 1.29 is 13.2 Å². The van der Waals surface area contributed by atoms with Gasteiger partial charge in [0, 0.05) is 28.1 Å². The standard InChI is InChI=1S/C22H19BrN4O3S/c1-15-5-8-18(9-6-15)26-31(29,30)20-4-2-3-16(11-20)22(28)24-12-19-14-27-13-17(23)7-10-21(27)25-19/h2-11,13-14,26H,12H2,1H3,(H,24,28). The second-order valence-corrected chi connectivity index (χ2v) is 9.63. The molecule has 4 rings (SSSR count). The Morgan fingerprint density at radius 1 is 1.06 bits per heavy atom. The zero-order valence-corrected chi connectivity index (χ0v) is 18.9. The molecule has 0 saturated carbocycles. The highest BCUT2D eigenvalue weighted by molar-refractivity contribution is 9.10. The third-order valence-corrected chi connectivity index (χ3v) is 6.45. The quantitative estimate of drug-likeness (QED) is 0.417. The first kappa shape index (κ1) is 21.1. The number of sulfonamides is 1. The molecule has 0 spiro atoms. The van der Waals surface area contributed by atoms with Crippen LogP contribution in [0.2, 0.25) is 0 Å². The first-order valence-corrected chi connectivity index (χ1v) is 11.7. The largest absolute Gasteiger partial charge is 0.346 e. The Morgan fingerprint density at radius 3 is 2.61 bits per heavy atom. The summed E-state index contributed by atoms with van der Waals surface area (Å²) in [4.78, 5) is 17.1. The molecular weight excluding hydrogens is 480 g/mol. The van der Waals surface area contributed by atoms with Gasteiger partial charge < -0.3 is 9.72 Å². The van der Waals surface area contributed by atoms with Crippen molar-refractivity contribution in [3.8, 4) is 0 Å². The summed E-state index contributed by atoms with van der Waals surface area (Å²) in [6.45, 7) is 2.14. The Kier molecular flexibility index (Phi) is 5.79. The fraction of sp³-hybridized carbons (Fsp3) is 0.0909. The van der Waals surface area contributed by atoms with Crippen LogP contribution in [-0.2, 0) is 16.6 Å². The van der Waals surface area contributed by atoms with Crippen molar-refractivity contribution in [2.75, 3.05) is 4.72 Å². The molecule has 7 nitrogen and oxygen atoms in total. The molecule has 158 valence electrons. The molecule has 9 heteroatoms. The number of aromatic nitrogens is 2. The molecular formula is C22H19BrN4O3S. The summed E-state index contributed by atoms with van der Waals surface area (Å²) in [7, 11) is -3.82. The molecule has 0 saturated heterocycles. The number of halogens is 1. The lowest BCUT2D eigenvalue weighted by atomic mass is 10.2. The fourth-order valence-electron chi connectivity index (χ4n) is 3.02. The van der Waals surface area contributed by atoms with E-state index in [0.717, 1.165) is 15.7 Å². The molecule has 0 aliphatic carbocycles. The number of fused-ring (bicyclic) bond motifs is 1. The van der Waals surface area contributed by atoms with E-state index in [1.165, 1.54) is 12.1 Å². The van der Waals surface area contributed by atoms with Crippen LogP contribution in [-0.4, -0.2) is 23.7 Å². The molecule has 0 unspecified atom stereocenters. The minimum atomic E-state index is -3.82. The van der Waals surface area contributed by atoms with E-state index < -0.39 is 10.0 Å². The van der Waals surface area contributed by atoms with Gasteiger partial charge in [0.2, 0.25) is 0 Å². The number of aryl methyl sites for hydroxylation is 1. The molecule has 0 bridgehead atoms. The topological polar surface area (TPSA) is 92.6 Å². The van der Waals surface area contributed by atoms with Gasteiger partial charge in [0.15, 0.2) is 0 Å². The maximum absolute atomic E-state index is 12.7. The number of carbonyl (C=O) groups is 1. The third kappa shape index (κ3) is 4.95. The van der Waals surface area contributed by atoms with Crippen LogP contribution in [0, 0.1) is 6.92 Å². The molecule has 2 heterocycles. The molecule has 2 aromatic carbocycles.